The number of hydrogen-bond acceptors (Lipinski definition) is 4. The van der Waals surface area contributed by atoms with Gasteiger partial charge in [-0.2, -0.15) is 0 Å². The molecule has 4 aromatic heterocycles. The zero-order valence-electron chi connectivity index (χ0n) is 15.9. The first-order valence-electron chi connectivity index (χ1n) is 9.72. The fourth-order valence-electron chi connectivity index (χ4n) is 4.02. The van der Waals surface area contributed by atoms with Gasteiger partial charge in [-0.15, -0.1) is 0 Å². The van der Waals surface area contributed by atoms with E-state index in [4.69, 9.17) is 4.98 Å². The molecule has 2 aromatic carbocycles. The van der Waals surface area contributed by atoms with Gasteiger partial charge < -0.3 is 0 Å². The Balaban J connectivity index is 1.36. The van der Waals surface area contributed by atoms with Crippen molar-refractivity contribution in [3.63, 3.8) is 0 Å². The summed E-state index contributed by atoms with van der Waals surface area (Å²) in [6.07, 6.45) is 6.74. The first-order chi connectivity index (χ1) is 14.3. The summed E-state index contributed by atoms with van der Waals surface area (Å²) < 4.78 is 4.08. The Morgan fingerprint density at radius 1 is 0.793 bits per heavy atom. The van der Waals surface area contributed by atoms with Gasteiger partial charge >= 0.3 is 0 Å². The number of aromatic nitrogens is 6. The van der Waals surface area contributed by atoms with Gasteiger partial charge in [0.1, 0.15) is 0 Å². The summed E-state index contributed by atoms with van der Waals surface area (Å²) >= 11 is 0. The maximum atomic E-state index is 4.84. The van der Waals surface area contributed by atoms with Crippen LogP contribution >= 0.6 is 0 Å². The highest BCUT2D eigenvalue weighted by molar-refractivity contribution is 5.80. The number of nitrogens with zero attached hydrogens (tertiary/aromatic N) is 6. The average molecular weight is 378 g/mol. The van der Waals surface area contributed by atoms with Crippen molar-refractivity contribution in [2.75, 3.05) is 0 Å². The van der Waals surface area contributed by atoms with E-state index in [1.165, 1.54) is 5.56 Å². The van der Waals surface area contributed by atoms with Crippen LogP contribution < -0.4 is 0 Å². The summed E-state index contributed by atoms with van der Waals surface area (Å²) in [5.74, 6) is 1.75. The summed E-state index contributed by atoms with van der Waals surface area (Å²) in [6, 6.07) is 18.6. The molecule has 0 bridgehead atoms. The van der Waals surface area contributed by atoms with E-state index in [2.05, 4.69) is 58.4 Å². The number of para-hydroxylation sites is 2. The lowest BCUT2D eigenvalue weighted by Gasteiger charge is -2.11. The standard InChI is InChI=1S/C23H18N6/c1-15(17-9-12-29-20-6-3-2-5-18(20)27-23(29)25-17)13-16-7-8-19-21(14-16)28-11-4-10-24-22(28)26-19/h2-12,14-15H,13H2,1H3. The van der Waals surface area contributed by atoms with Crippen LogP contribution in [0.25, 0.3) is 33.6 Å². The molecule has 4 heterocycles. The lowest BCUT2D eigenvalue weighted by atomic mass is 9.97. The molecular weight excluding hydrogens is 360 g/mol. The Kier molecular flexibility index (Phi) is 3.41. The maximum Gasteiger partial charge on any atom is 0.235 e. The third-order valence-electron chi connectivity index (χ3n) is 5.49. The van der Waals surface area contributed by atoms with Crippen molar-refractivity contribution in [2.24, 2.45) is 0 Å². The van der Waals surface area contributed by atoms with Crippen molar-refractivity contribution in [3.8, 4) is 0 Å². The third-order valence-corrected chi connectivity index (χ3v) is 5.49. The van der Waals surface area contributed by atoms with Crippen LogP contribution in [0.4, 0.5) is 0 Å². The van der Waals surface area contributed by atoms with Gasteiger partial charge in [0.2, 0.25) is 11.6 Å². The molecule has 6 heteroatoms. The number of fused-ring (bicyclic) bond motifs is 6. The predicted octanol–water partition coefficient (Wildman–Crippen LogP) is 4.42. The van der Waals surface area contributed by atoms with E-state index in [0.717, 1.165) is 45.7 Å². The second-order valence-corrected chi connectivity index (χ2v) is 7.45. The number of benzene rings is 2. The topological polar surface area (TPSA) is 60.4 Å². The van der Waals surface area contributed by atoms with E-state index in [9.17, 15) is 0 Å². The first kappa shape index (κ1) is 16.2. The zero-order valence-corrected chi connectivity index (χ0v) is 15.9. The van der Waals surface area contributed by atoms with Crippen LogP contribution in [0.5, 0.6) is 0 Å². The molecule has 0 saturated heterocycles. The highest BCUT2D eigenvalue weighted by atomic mass is 15.1. The lowest BCUT2D eigenvalue weighted by molar-refractivity contribution is 0.729. The monoisotopic (exact) mass is 378 g/mol. The molecular formula is C23H18N6. The van der Waals surface area contributed by atoms with Crippen LogP contribution in [0.3, 0.4) is 0 Å². The average Bonchev–Trinajstić information content (AvgIpc) is 3.31. The number of hydrogen-bond donors (Lipinski definition) is 0. The second-order valence-electron chi connectivity index (χ2n) is 7.45. The van der Waals surface area contributed by atoms with E-state index in [1.807, 2.05) is 39.3 Å². The Morgan fingerprint density at radius 3 is 2.59 bits per heavy atom. The minimum atomic E-state index is 0.273. The molecule has 0 fully saturated rings. The molecule has 1 unspecified atom stereocenters. The van der Waals surface area contributed by atoms with Crippen LogP contribution in [0.1, 0.15) is 24.1 Å². The number of imidazole rings is 2. The summed E-state index contributed by atoms with van der Waals surface area (Å²) in [5.41, 5.74) is 6.40. The smallest absolute Gasteiger partial charge is 0.235 e. The fraction of sp³-hybridized carbons (Fsp3) is 0.130. The van der Waals surface area contributed by atoms with Gasteiger partial charge in [0, 0.05) is 30.2 Å². The third kappa shape index (κ3) is 2.56. The lowest BCUT2D eigenvalue weighted by Crippen LogP contribution is -2.03. The molecule has 0 N–H and O–H groups in total. The van der Waals surface area contributed by atoms with Gasteiger partial charge in [0.25, 0.3) is 0 Å². The van der Waals surface area contributed by atoms with Gasteiger partial charge in [0.15, 0.2) is 0 Å². The quantitative estimate of drug-likeness (QED) is 0.457. The van der Waals surface area contributed by atoms with Crippen molar-refractivity contribution in [1.29, 1.82) is 0 Å². The Bertz CT molecular complexity index is 1510. The molecule has 0 aliphatic carbocycles. The zero-order chi connectivity index (χ0) is 19.4. The van der Waals surface area contributed by atoms with Crippen molar-refractivity contribution in [2.45, 2.75) is 19.3 Å². The Morgan fingerprint density at radius 2 is 1.62 bits per heavy atom. The van der Waals surface area contributed by atoms with Crippen molar-refractivity contribution in [1.82, 2.24) is 28.7 Å². The van der Waals surface area contributed by atoms with Crippen molar-refractivity contribution in [3.05, 3.63) is 84.4 Å². The minimum Gasteiger partial charge on any atom is -0.284 e. The van der Waals surface area contributed by atoms with Crippen LogP contribution in [0, 0.1) is 0 Å². The Labute approximate surface area is 166 Å². The molecule has 0 radical (unpaired) electrons. The first-order valence-corrected chi connectivity index (χ1v) is 9.72. The summed E-state index contributed by atoms with van der Waals surface area (Å²) in [7, 11) is 0. The SMILES string of the molecule is CC(Cc1ccc2nc3ncccn3c2c1)c1ccn2c(n1)nc1ccccc12. The van der Waals surface area contributed by atoms with E-state index in [1.54, 1.807) is 6.20 Å². The van der Waals surface area contributed by atoms with E-state index < -0.39 is 0 Å². The van der Waals surface area contributed by atoms with Crippen LogP contribution in [0.2, 0.25) is 0 Å². The minimum absolute atomic E-state index is 0.273. The summed E-state index contributed by atoms with van der Waals surface area (Å²) in [4.78, 5) is 18.4. The molecule has 0 saturated carbocycles. The van der Waals surface area contributed by atoms with E-state index in [0.29, 0.717) is 0 Å². The van der Waals surface area contributed by atoms with Gasteiger partial charge in [-0.25, -0.2) is 19.9 Å². The number of rotatable bonds is 3. The second kappa shape index (κ2) is 6.10. The molecule has 0 aliphatic heterocycles. The predicted molar refractivity (Wildman–Crippen MR) is 113 cm³/mol. The highest BCUT2D eigenvalue weighted by Gasteiger charge is 2.13. The van der Waals surface area contributed by atoms with E-state index in [-0.39, 0.29) is 5.92 Å². The molecule has 29 heavy (non-hydrogen) atoms. The van der Waals surface area contributed by atoms with Gasteiger partial charge in [-0.3, -0.25) is 8.80 Å². The largest absolute Gasteiger partial charge is 0.284 e. The summed E-state index contributed by atoms with van der Waals surface area (Å²) in [5, 5.41) is 0. The molecule has 1 atom stereocenters. The van der Waals surface area contributed by atoms with Crippen LogP contribution in [-0.4, -0.2) is 28.7 Å². The van der Waals surface area contributed by atoms with E-state index >= 15 is 0 Å². The molecule has 6 aromatic rings. The molecule has 0 amide bonds. The fourth-order valence-corrected chi connectivity index (χ4v) is 4.02. The normalized spacial score (nSPS) is 13.0. The van der Waals surface area contributed by atoms with Crippen molar-refractivity contribution < 1.29 is 0 Å². The molecule has 6 nitrogen and oxygen atoms in total. The highest BCUT2D eigenvalue weighted by Crippen LogP contribution is 2.24. The van der Waals surface area contributed by atoms with Gasteiger partial charge in [-0.05, 0) is 48.4 Å². The maximum absolute atomic E-state index is 4.84. The summed E-state index contributed by atoms with van der Waals surface area (Å²) in [6.45, 7) is 2.21. The molecule has 140 valence electrons. The van der Waals surface area contributed by atoms with Gasteiger partial charge in [-0.1, -0.05) is 25.1 Å². The Hall–Kier alpha value is -3.80. The van der Waals surface area contributed by atoms with Gasteiger partial charge in [0.05, 0.1) is 22.1 Å². The van der Waals surface area contributed by atoms with Crippen molar-refractivity contribution >= 4 is 33.6 Å². The van der Waals surface area contributed by atoms with Crippen LogP contribution in [0.15, 0.2) is 73.2 Å². The molecule has 6 rings (SSSR count). The molecule has 0 aliphatic rings. The van der Waals surface area contributed by atoms with Crippen LogP contribution in [-0.2, 0) is 6.42 Å². The molecule has 0 spiro atoms.